The van der Waals surface area contributed by atoms with Crippen LogP contribution in [0.1, 0.15) is 24.4 Å². The molecule has 1 N–H and O–H groups in total. The van der Waals surface area contributed by atoms with Crippen LogP contribution in [0.25, 0.3) is 0 Å². The summed E-state index contributed by atoms with van der Waals surface area (Å²) in [5, 5.41) is 10.1. The molecular formula is C15H20ClNO3. The van der Waals surface area contributed by atoms with E-state index in [0.717, 1.165) is 38.2 Å². The first-order valence-corrected chi connectivity index (χ1v) is 7.22. The fourth-order valence-corrected chi connectivity index (χ4v) is 2.80. The van der Waals surface area contributed by atoms with Crippen molar-refractivity contribution < 1.29 is 14.6 Å². The molecule has 0 bridgehead atoms. The molecule has 0 amide bonds. The number of aliphatic carboxylic acids is 1. The average Bonchev–Trinajstić information content (AvgIpc) is 2.42. The fraction of sp³-hybridized carbons (Fsp3) is 0.533. The number of carboxylic acid groups (broad SMARTS) is 1. The van der Waals surface area contributed by atoms with Crippen LogP contribution in [0.15, 0.2) is 24.3 Å². The van der Waals surface area contributed by atoms with Crippen molar-refractivity contribution in [2.45, 2.75) is 18.9 Å². The average molecular weight is 298 g/mol. The van der Waals surface area contributed by atoms with Gasteiger partial charge in [-0.2, -0.15) is 0 Å². The molecule has 1 fully saturated rings. The van der Waals surface area contributed by atoms with Gasteiger partial charge in [-0.05, 0) is 43.5 Å². The molecule has 20 heavy (non-hydrogen) atoms. The zero-order chi connectivity index (χ0) is 14.5. The number of benzene rings is 1. The van der Waals surface area contributed by atoms with Crippen molar-refractivity contribution in [3.05, 3.63) is 34.9 Å². The highest BCUT2D eigenvalue weighted by Crippen LogP contribution is 2.25. The lowest BCUT2D eigenvalue weighted by Gasteiger charge is -2.31. The lowest BCUT2D eigenvalue weighted by atomic mass is 9.98. The number of hydrogen-bond donors (Lipinski definition) is 1. The van der Waals surface area contributed by atoms with Gasteiger partial charge in [-0.25, -0.2) is 0 Å². The monoisotopic (exact) mass is 297 g/mol. The van der Waals surface area contributed by atoms with Crippen LogP contribution in [-0.2, 0) is 9.53 Å². The van der Waals surface area contributed by atoms with Gasteiger partial charge < -0.3 is 9.84 Å². The largest absolute Gasteiger partial charge is 0.480 e. The van der Waals surface area contributed by atoms with E-state index in [9.17, 15) is 9.90 Å². The third-order valence-electron chi connectivity index (χ3n) is 3.75. The highest BCUT2D eigenvalue weighted by molar-refractivity contribution is 6.30. The summed E-state index contributed by atoms with van der Waals surface area (Å²) >= 11 is 5.86. The van der Waals surface area contributed by atoms with E-state index in [1.807, 2.05) is 11.9 Å². The molecule has 1 heterocycles. The Morgan fingerprint density at radius 3 is 2.55 bits per heavy atom. The number of hydrogen-bond acceptors (Lipinski definition) is 3. The minimum atomic E-state index is -0.832. The van der Waals surface area contributed by atoms with Crippen molar-refractivity contribution in [1.29, 1.82) is 0 Å². The van der Waals surface area contributed by atoms with Crippen molar-refractivity contribution >= 4 is 17.6 Å². The standard InChI is InChI=1S/C15H20ClNO3/c1-17(10-11-6-8-20-9-7-11)14(15(18)19)12-2-4-13(16)5-3-12/h2-5,11,14H,6-10H2,1H3,(H,18,19)/t14-/m0/s1. The molecule has 0 aliphatic carbocycles. The molecule has 5 heteroatoms. The summed E-state index contributed by atoms with van der Waals surface area (Å²) in [6.45, 7) is 2.32. The maximum absolute atomic E-state index is 11.6. The molecule has 1 aromatic rings. The summed E-state index contributed by atoms with van der Waals surface area (Å²) in [5.74, 6) is -0.329. The molecule has 1 aromatic carbocycles. The Morgan fingerprint density at radius 1 is 1.40 bits per heavy atom. The van der Waals surface area contributed by atoms with E-state index in [2.05, 4.69) is 0 Å². The smallest absolute Gasteiger partial charge is 0.325 e. The molecule has 1 saturated heterocycles. The predicted octanol–water partition coefficient (Wildman–Crippen LogP) is 2.82. The van der Waals surface area contributed by atoms with Gasteiger partial charge in [-0.3, -0.25) is 9.69 Å². The first kappa shape index (κ1) is 15.3. The van der Waals surface area contributed by atoms with Crippen LogP contribution >= 0.6 is 11.6 Å². The maximum Gasteiger partial charge on any atom is 0.325 e. The molecule has 0 saturated carbocycles. The number of carbonyl (C=O) groups is 1. The third kappa shape index (κ3) is 3.95. The lowest BCUT2D eigenvalue weighted by Crippen LogP contribution is -2.36. The predicted molar refractivity (Wildman–Crippen MR) is 78.0 cm³/mol. The van der Waals surface area contributed by atoms with Crippen LogP contribution in [0.5, 0.6) is 0 Å². The van der Waals surface area contributed by atoms with Crippen molar-refractivity contribution in [2.75, 3.05) is 26.8 Å². The third-order valence-corrected chi connectivity index (χ3v) is 4.00. The van der Waals surface area contributed by atoms with Gasteiger partial charge in [-0.1, -0.05) is 23.7 Å². The highest BCUT2D eigenvalue weighted by Gasteiger charge is 2.27. The zero-order valence-corrected chi connectivity index (χ0v) is 12.3. The fourth-order valence-electron chi connectivity index (χ4n) is 2.67. The molecule has 0 spiro atoms. The second-order valence-corrected chi connectivity index (χ2v) is 5.72. The van der Waals surface area contributed by atoms with E-state index < -0.39 is 12.0 Å². The molecule has 0 unspecified atom stereocenters. The highest BCUT2D eigenvalue weighted by atomic mass is 35.5. The topological polar surface area (TPSA) is 49.8 Å². The SMILES string of the molecule is CN(CC1CCOCC1)[C@H](C(=O)O)c1ccc(Cl)cc1. The number of carboxylic acids is 1. The van der Waals surface area contributed by atoms with Gasteiger partial charge in [0, 0.05) is 24.8 Å². The molecule has 0 aromatic heterocycles. The summed E-state index contributed by atoms with van der Waals surface area (Å²) in [6.07, 6.45) is 1.99. The second-order valence-electron chi connectivity index (χ2n) is 5.29. The summed E-state index contributed by atoms with van der Waals surface area (Å²) in [5.41, 5.74) is 0.761. The van der Waals surface area contributed by atoms with Crippen LogP contribution in [0.3, 0.4) is 0 Å². The number of ether oxygens (including phenoxy) is 1. The van der Waals surface area contributed by atoms with Crippen LogP contribution in [-0.4, -0.2) is 42.8 Å². The maximum atomic E-state index is 11.6. The second kappa shape index (κ2) is 7.07. The van der Waals surface area contributed by atoms with E-state index in [1.165, 1.54) is 0 Å². The number of nitrogens with zero attached hydrogens (tertiary/aromatic N) is 1. The Morgan fingerprint density at radius 2 is 2.00 bits per heavy atom. The first-order valence-electron chi connectivity index (χ1n) is 6.84. The number of halogens is 1. The molecule has 1 atom stereocenters. The van der Waals surface area contributed by atoms with Crippen molar-refractivity contribution in [3.63, 3.8) is 0 Å². The molecule has 1 aliphatic heterocycles. The van der Waals surface area contributed by atoms with Crippen molar-refractivity contribution in [3.8, 4) is 0 Å². The minimum Gasteiger partial charge on any atom is -0.480 e. The van der Waals surface area contributed by atoms with E-state index in [-0.39, 0.29) is 0 Å². The van der Waals surface area contributed by atoms with E-state index in [1.54, 1.807) is 24.3 Å². The molecular weight excluding hydrogens is 278 g/mol. The van der Waals surface area contributed by atoms with Crippen LogP contribution in [0.2, 0.25) is 5.02 Å². The first-order chi connectivity index (χ1) is 9.58. The summed E-state index contributed by atoms with van der Waals surface area (Å²) < 4.78 is 5.34. The van der Waals surface area contributed by atoms with Gasteiger partial charge in [0.2, 0.25) is 0 Å². The Hall–Kier alpha value is -1.10. The van der Waals surface area contributed by atoms with Gasteiger partial charge in [-0.15, -0.1) is 0 Å². The molecule has 2 rings (SSSR count). The lowest BCUT2D eigenvalue weighted by molar-refractivity contribution is -0.143. The Bertz CT molecular complexity index is 443. The quantitative estimate of drug-likeness (QED) is 0.908. The Balaban J connectivity index is 2.07. The summed E-state index contributed by atoms with van der Waals surface area (Å²) in [4.78, 5) is 13.5. The Labute approximate surface area is 124 Å². The van der Waals surface area contributed by atoms with Crippen LogP contribution in [0, 0.1) is 5.92 Å². The van der Waals surface area contributed by atoms with Crippen molar-refractivity contribution in [2.24, 2.45) is 5.92 Å². The van der Waals surface area contributed by atoms with E-state index in [0.29, 0.717) is 10.9 Å². The number of rotatable bonds is 5. The van der Waals surface area contributed by atoms with Gasteiger partial charge in [0.1, 0.15) is 6.04 Å². The van der Waals surface area contributed by atoms with Crippen LogP contribution in [0.4, 0.5) is 0 Å². The van der Waals surface area contributed by atoms with E-state index in [4.69, 9.17) is 16.3 Å². The van der Waals surface area contributed by atoms with Gasteiger partial charge in [0.05, 0.1) is 0 Å². The normalized spacial score (nSPS) is 18.1. The molecule has 0 radical (unpaired) electrons. The minimum absolute atomic E-state index is 0.503. The van der Waals surface area contributed by atoms with E-state index >= 15 is 0 Å². The van der Waals surface area contributed by atoms with Crippen LogP contribution < -0.4 is 0 Å². The molecule has 110 valence electrons. The van der Waals surface area contributed by atoms with Gasteiger partial charge in [0.25, 0.3) is 0 Å². The molecule has 1 aliphatic rings. The van der Waals surface area contributed by atoms with Gasteiger partial charge in [0.15, 0.2) is 0 Å². The molecule has 4 nitrogen and oxygen atoms in total. The summed E-state index contributed by atoms with van der Waals surface area (Å²) in [6, 6.07) is 6.39. The van der Waals surface area contributed by atoms with Gasteiger partial charge >= 0.3 is 5.97 Å². The summed E-state index contributed by atoms with van der Waals surface area (Å²) in [7, 11) is 1.86. The number of likely N-dealkylation sites (N-methyl/N-ethyl adjacent to an activating group) is 1. The zero-order valence-electron chi connectivity index (χ0n) is 11.6. The Kier molecular flexibility index (Phi) is 5.40. The van der Waals surface area contributed by atoms with Crippen molar-refractivity contribution in [1.82, 2.24) is 4.90 Å².